The zero-order valence-electron chi connectivity index (χ0n) is 67.1. The Morgan fingerprint density at radius 1 is 0.275 bits per heavy atom. The third-order valence-electron chi connectivity index (χ3n) is 25.7. The van der Waals surface area contributed by atoms with Crippen LogP contribution in [0.1, 0.15) is 58.2 Å². The second-order valence-corrected chi connectivity index (χ2v) is 36.7. The number of nitrogens with zero attached hydrogens (tertiary/aromatic N) is 6. The Bertz CT molecular complexity index is 8070. The van der Waals surface area contributed by atoms with E-state index in [4.69, 9.17) is 0 Å². The molecule has 0 spiro atoms. The average molecular weight is 1570 g/mol. The number of hydrogen-bond acceptors (Lipinski definition) is 5. The lowest BCUT2D eigenvalue weighted by atomic mass is 9.33. The van der Waals surface area contributed by atoms with Crippen molar-refractivity contribution >= 4 is 186 Å². The van der Waals surface area contributed by atoms with Crippen LogP contribution < -0.4 is 26.2 Å². The average Bonchev–Trinajstić information content (AvgIpc) is 0.840. The largest absolute Gasteiger partial charge is 0.309 e. The number of hydrogen-bond donors (Lipinski definition) is 0. The van der Waals surface area contributed by atoms with Gasteiger partial charge in [-0.05, 0) is 187 Å². The predicted molar refractivity (Wildman–Crippen MR) is 513 cm³/mol. The van der Waals surface area contributed by atoms with Crippen LogP contribution in [0.4, 0.5) is 34.1 Å². The Morgan fingerprint density at radius 2 is 0.733 bits per heavy atom. The molecule has 0 unspecified atom stereocenters. The van der Waals surface area contributed by atoms with Crippen molar-refractivity contribution < 1.29 is 0 Å². The predicted octanol–water partition coefficient (Wildman–Crippen LogP) is 28.9. The molecule has 24 rings (SSSR count). The highest BCUT2D eigenvalue weighted by Gasteiger charge is 2.47. The van der Waals surface area contributed by atoms with E-state index in [9.17, 15) is 5.26 Å². The van der Waals surface area contributed by atoms with Crippen LogP contribution in [-0.2, 0) is 10.8 Å². The summed E-state index contributed by atoms with van der Waals surface area (Å²) in [6.45, 7) is 13.7. The van der Waals surface area contributed by atoms with Gasteiger partial charge in [-0.25, -0.2) is 0 Å². The van der Waals surface area contributed by atoms with Crippen molar-refractivity contribution in [2.24, 2.45) is 0 Å². The standard InChI is InChI=1S/C111H77BN6S2/c1-110(2,3)73-51-56-105-88(61-73)87-58-72(50-55-104(87)119-105)85-62-74(111(4,5)6)63-102(116-94-43-22-15-33-78(94)79-34-16-23-44-95(79)116)108(85)118-98-54-49-71(69-29-11-8-12-30-69)60-90(98)112-89-59-70(68-27-9-7-10-28-68)48-53-97(89)117(100-64-75(65-101(118)106(100)112)114-91-40-19-17-35-80(91)86-57-67(66-113)47-52-96(86)114)107-82(84-39-25-38-83-81-36-18-24-46-103(81)120-109(83)84)37-26-45-99(107)115-92-41-20-13-31-76(92)77-32-14-21-42-93(77)115/h7-65H,1-6H3. The van der Waals surface area contributed by atoms with E-state index in [0.29, 0.717) is 5.56 Å². The van der Waals surface area contributed by atoms with Gasteiger partial charge in [0.2, 0.25) is 0 Å². The SMILES string of the molecule is CC(C)(C)c1cc(-c2ccc3sc4ccc(C(C)(C)C)cc4c3c2)c(N2c3ccc(-c4ccccc4)cc3B3c4cc(-c5ccccc5)ccc4N(c4c(-c5cccc6c5sc5ccccc56)cccc4-n4c5ccccc5c5ccccc54)c4cc(-n5c6ccccc6c6cc(C#N)ccc65)cc2c43)c(-n2c3ccccc3c3ccccc32)c1. The molecule has 2 aliphatic rings. The first-order valence-electron chi connectivity index (χ1n) is 41.5. The van der Waals surface area contributed by atoms with Crippen molar-refractivity contribution in [2.45, 2.75) is 52.4 Å². The Hall–Kier alpha value is -14.3. The number of para-hydroxylation sites is 6. The maximum atomic E-state index is 10.9. The van der Waals surface area contributed by atoms with E-state index < -0.39 is 0 Å². The summed E-state index contributed by atoms with van der Waals surface area (Å²) in [5.41, 5.74) is 31.2. The van der Waals surface area contributed by atoms with Crippen molar-refractivity contribution in [1.29, 1.82) is 5.26 Å². The smallest absolute Gasteiger partial charge is 0.252 e. The maximum absolute atomic E-state index is 10.9. The number of nitriles is 1. The summed E-state index contributed by atoms with van der Waals surface area (Å²) in [7, 11) is 0. The van der Waals surface area contributed by atoms with Gasteiger partial charge in [0.25, 0.3) is 6.71 Å². The summed E-state index contributed by atoms with van der Waals surface area (Å²) in [6.07, 6.45) is 0. The molecule has 5 aromatic heterocycles. The van der Waals surface area contributed by atoms with Gasteiger partial charge in [-0.2, -0.15) is 5.26 Å². The van der Waals surface area contributed by atoms with E-state index in [1.807, 2.05) is 28.7 Å². The van der Waals surface area contributed by atoms with Gasteiger partial charge in [0.05, 0.1) is 73.2 Å². The quantitative estimate of drug-likeness (QED) is 0.135. The third kappa shape index (κ3) is 10.5. The molecule has 0 N–H and O–H groups in total. The molecule has 0 atom stereocenters. The molecule has 120 heavy (non-hydrogen) atoms. The fourth-order valence-corrected chi connectivity index (χ4v) is 22.4. The number of rotatable bonds is 9. The minimum Gasteiger partial charge on any atom is -0.309 e. The van der Waals surface area contributed by atoms with E-state index in [1.165, 1.54) is 83.9 Å². The highest BCUT2D eigenvalue weighted by molar-refractivity contribution is 7.26. The van der Waals surface area contributed by atoms with Gasteiger partial charge in [0.1, 0.15) is 0 Å². The van der Waals surface area contributed by atoms with Crippen LogP contribution in [0.15, 0.2) is 358 Å². The summed E-state index contributed by atoms with van der Waals surface area (Å²) >= 11 is 3.76. The molecule has 22 aromatic rings. The lowest BCUT2D eigenvalue weighted by Crippen LogP contribution is -2.61. The fraction of sp³-hybridized carbons (Fsp3) is 0.0721. The second kappa shape index (κ2) is 26.4. The lowest BCUT2D eigenvalue weighted by molar-refractivity contribution is 0.590. The van der Waals surface area contributed by atoms with Crippen LogP contribution >= 0.6 is 22.7 Å². The van der Waals surface area contributed by atoms with E-state index in [2.05, 4.69) is 423 Å². The summed E-state index contributed by atoms with van der Waals surface area (Å²) in [5, 5.41) is 22.7. The Labute approximate surface area is 703 Å². The Morgan fingerprint density at radius 3 is 1.31 bits per heavy atom. The van der Waals surface area contributed by atoms with Crippen LogP contribution in [0.5, 0.6) is 0 Å². The van der Waals surface area contributed by atoms with E-state index in [0.717, 1.165) is 145 Å². The minimum atomic E-state index is -0.375. The van der Waals surface area contributed by atoms with Crippen LogP contribution in [0, 0.1) is 11.3 Å². The molecule has 0 aliphatic carbocycles. The van der Waals surface area contributed by atoms with Gasteiger partial charge in [0, 0.05) is 112 Å². The normalized spacial score (nSPS) is 12.9. The molecular weight excluding hydrogens is 1490 g/mol. The molecule has 0 radical (unpaired) electrons. The molecule has 0 saturated carbocycles. The number of benzene rings is 17. The second-order valence-electron chi connectivity index (χ2n) is 34.6. The van der Waals surface area contributed by atoms with Gasteiger partial charge < -0.3 is 23.5 Å². The van der Waals surface area contributed by atoms with Crippen molar-refractivity contribution in [2.75, 3.05) is 9.80 Å². The van der Waals surface area contributed by atoms with Crippen LogP contribution in [0.2, 0.25) is 0 Å². The third-order valence-corrected chi connectivity index (χ3v) is 28.1. The van der Waals surface area contributed by atoms with E-state index in [-0.39, 0.29) is 17.5 Å². The summed E-state index contributed by atoms with van der Waals surface area (Å²) in [4.78, 5) is 5.45. The van der Waals surface area contributed by atoms with Gasteiger partial charge >= 0.3 is 0 Å². The molecule has 0 fully saturated rings. The van der Waals surface area contributed by atoms with Crippen LogP contribution in [0.3, 0.4) is 0 Å². The fourth-order valence-electron chi connectivity index (χ4n) is 20.1. The first-order valence-corrected chi connectivity index (χ1v) is 43.2. The van der Waals surface area contributed by atoms with Crippen molar-refractivity contribution in [3.05, 3.63) is 375 Å². The monoisotopic (exact) mass is 1570 g/mol. The number of thiophene rings is 2. The first kappa shape index (κ1) is 70.0. The highest BCUT2D eigenvalue weighted by atomic mass is 32.1. The van der Waals surface area contributed by atoms with Gasteiger partial charge in [0.15, 0.2) is 0 Å². The zero-order chi connectivity index (χ0) is 80.1. The molecule has 6 nitrogen and oxygen atoms in total. The van der Waals surface area contributed by atoms with E-state index >= 15 is 0 Å². The first-order chi connectivity index (χ1) is 58.8. The maximum Gasteiger partial charge on any atom is 0.252 e. The van der Waals surface area contributed by atoms with Gasteiger partial charge in [-0.1, -0.05) is 278 Å². The molecular formula is C111H77BN6S2. The van der Waals surface area contributed by atoms with Gasteiger partial charge in [-0.15, -0.1) is 22.7 Å². The molecule has 2 aliphatic heterocycles. The highest BCUT2D eigenvalue weighted by Crippen LogP contribution is 2.57. The minimum absolute atomic E-state index is 0.0705. The zero-order valence-corrected chi connectivity index (χ0v) is 68.8. The molecule has 0 amide bonds. The Balaban J connectivity index is 0.921. The molecule has 566 valence electrons. The van der Waals surface area contributed by atoms with Crippen molar-refractivity contribution in [3.8, 4) is 67.6 Å². The van der Waals surface area contributed by atoms with Crippen LogP contribution in [-0.4, -0.2) is 20.4 Å². The summed E-state index contributed by atoms with van der Waals surface area (Å²) in [5.74, 6) is 0. The van der Waals surface area contributed by atoms with Crippen molar-refractivity contribution in [1.82, 2.24) is 13.7 Å². The molecule has 17 aromatic carbocycles. The number of fused-ring (bicyclic) bond motifs is 19. The molecule has 7 heterocycles. The molecule has 0 saturated heterocycles. The number of aromatic nitrogens is 3. The summed E-state index contributed by atoms with van der Waals surface area (Å²) in [6, 6.07) is 138. The summed E-state index contributed by atoms with van der Waals surface area (Å²) < 4.78 is 12.7. The lowest BCUT2D eigenvalue weighted by Gasteiger charge is -2.46. The van der Waals surface area contributed by atoms with Crippen LogP contribution in [0.25, 0.3) is 167 Å². The van der Waals surface area contributed by atoms with Gasteiger partial charge in [-0.3, -0.25) is 0 Å². The van der Waals surface area contributed by atoms with E-state index in [1.54, 1.807) is 0 Å². The Kier molecular flexibility index (Phi) is 15.4. The topological polar surface area (TPSA) is 45.1 Å². The molecule has 9 heteroatoms. The molecule has 0 bridgehead atoms. The number of anilines is 6. The van der Waals surface area contributed by atoms with Crippen molar-refractivity contribution in [3.63, 3.8) is 0 Å².